The summed E-state index contributed by atoms with van der Waals surface area (Å²) in [6, 6.07) is 2.89. The van der Waals surface area contributed by atoms with E-state index in [2.05, 4.69) is 12.3 Å². The molecule has 0 heterocycles. The van der Waals surface area contributed by atoms with E-state index in [0.29, 0.717) is 11.1 Å². The van der Waals surface area contributed by atoms with Crippen molar-refractivity contribution in [3.8, 4) is 5.75 Å². The summed E-state index contributed by atoms with van der Waals surface area (Å²) in [6.45, 7) is 12.7. The fourth-order valence-corrected chi connectivity index (χ4v) is 7.28. The maximum atomic E-state index is 14.0. The molecule has 3 aliphatic carbocycles. The Labute approximate surface area is 215 Å². The van der Waals surface area contributed by atoms with E-state index in [4.69, 9.17) is 0 Å². The van der Waals surface area contributed by atoms with E-state index in [1.807, 2.05) is 0 Å². The van der Waals surface area contributed by atoms with Crippen LogP contribution >= 0.6 is 0 Å². The normalized spacial score (nSPS) is 35.1. The summed E-state index contributed by atoms with van der Waals surface area (Å²) >= 11 is 0. The van der Waals surface area contributed by atoms with E-state index < -0.39 is 80.3 Å². The number of phenolic OH excluding ortho intramolecular Hbond substituents is 1. The quantitative estimate of drug-likeness (QED) is 0.306. The molecule has 0 amide bonds. The molecule has 196 valence electrons. The topological polar surface area (TPSA) is 152 Å². The van der Waals surface area contributed by atoms with E-state index in [9.17, 15) is 39.9 Å². The number of Topliss-reactive ketones (excluding diaryl/α,β-unsaturated/α-hetero) is 3. The van der Waals surface area contributed by atoms with Crippen molar-refractivity contribution in [1.82, 2.24) is 0 Å². The van der Waals surface area contributed by atoms with E-state index in [1.54, 1.807) is 33.8 Å². The molecule has 0 saturated heterocycles. The predicted octanol–water partition coefficient (Wildman–Crippen LogP) is 3.68. The zero-order valence-electron chi connectivity index (χ0n) is 21.7. The summed E-state index contributed by atoms with van der Waals surface area (Å²) in [5, 5.41) is 57.8. The first-order valence-corrected chi connectivity index (χ1v) is 12.2. The smallest absolute Gasteiger partial charge is 0.209 e. The summed E-state index contributed by atoms with van der Waals surface area (Å²) < 4.78 is 0. The monoisotopic (exact) mass is 508 g/mol. The van der Waals surface area contributed by atoms with Gasteiger partial charge >= 0.3 is 0 Å². The van der Waals surface area contributed by atoms with Gasteiger partial charge in [-0.25, -0.2) is 0 Å². The highest BCUT2D eigenvalue weighted by atomic mass is 16.4. The molecule has 0 saturated carbocycles. The molecule has 8 heteroatoms. The highest BCUT2D eigenvalue weighted by Crippen LogP contribution is 2.67. The van der Waals surface area contributed by atoms with Gasteiger partial charge < -0.3 is 25.5 Å². The lowest BCUT2D eigenvalue weighted by Gasteiger charge is -2.63. The summed E-state index contributed by atoms with van der Waals surface area (Å²) in [5.74, 6) is -7.28. The number of aromatic hydroxyl groups is 1. The molecule has 0 radical (unpaired) electrons. The second kappa shape index (κ2) is 8.02. The van der Waals surface area contributed by atoms with Gasteiger partial charge in [-0.2, -0.15) is 0 Å². The zero-order valence-corrected chi connectivity index (χ0v) is 21.7. The standard InChI is InChI=1S/C29H32O8/c1-8-9-15-10-11-16(31)19-17(15)13(4)27(6)21(23(19)33)25(35)29(37)24(34)18(14(5)30)22(32)20(12(2)3)28(29,7)26(27)36/h9-13,20,26,31-32,35-37H,1H2,2-7H3/t13-,20?,26-,27+,28+,29+/m1/s1. The van der Waals surface area contributed by atoms with Crippen molar-refractivity contribution < 1.29 is 39.9 Å². The maximum Gasteiger partial charge on any atom is 0.209 e. The Hall–Kier alpha value is -3.45. The Morgan fingerprint density at radius 1 is 1.16 bits per heavy atom. The molecule has 5 N–H and O–H groups in total. The summed E-state index contributed by atoms with van der Waals surface area (Å²) in [4.78, 5) is 40.1. The number of fused-ring (bicyclic) bond motifs is 3. The molecule has 6 atom stereocenters. The third-order valence-corrected chi connectivity index (χ3v) is 9.11. The molecule has 1 aromatic rings. The van der Waals surface area contributed by atoms with Crippen LogP contribution in [0.5, 0.6) is 5.75 Å². The molecule has 1 unspecified atom stereocenters. The predicted molar refractivity (Wildman–Crippen MR) is 135 cm³/mol. The highest BCUT2D eigenvalue weighted by Gasteiger charge is 2.76. The van der Waals surface area contributed by atoms with Crippen LogP contribution in [-0.4, -0.2) is 54.6 Å². The number of carbonyl (C=O) groups excluding carboxylic acids is 3. The fourth-order valence-electron chi connectivity index (χ4n) is 7.28. The number of phenols is 1. The molecule has 3 aliphatic rings. The summed E-state index contributed by atoms with van der Waals surface area (Å²) in [7, 11) is 0. The van der Waals surface area contributed by atoms with Crippen LogP contribution in [0.4, 0.5) is 0 Å². The number of rotatable bonds is 3. The van der Waals surface area contributed by atoms with Crippen LogP contribution in [-0.2, 0) is 9.59 Å². The number of ketones is 3. The number of carbonyl (C=O) groups is 3. The van der Waals surface area contributed by atoms with Gasteiger partial charge in [0, 0.05) is 16.7 Å². The molecule has 1 aromatic carbocycles. The van der Waals surface area contributed by atoms with Gasteiger partial charge in [-0.3, -0.25) is 14.4 Å². The Balaban J connectivity index is 2.20. The first-order valence-electron chi connectivity index (χ1n) is 12.2. The van der Waals surface area contributed by atoms with Gasteiger partial charge in [0.1, 0.15) is 22.8 Å². The van der Waals surface area contributed by atoms with Gasteiger partial charge in [-0.1, -0.05) is 47.3 Å². The average molecular weight is 509 g/mol. The second-order valence-electron chi connectivity index (χ2n) is 11.1. The number of aliphatic hydroxyl groups excluding tert-OH is 3. The van der Waals surface area contributed by atoms with E-state index in [1.165, 1.54) is 19.1 Å². The van der Waals surface area contributed by atoms with Gasteiger partial charge in [0.2, 0.25) is 5.78 Å². The zero-order chi connectivity index (χ0) is 28.0. The van der Waals surface area contributed by atoms with Gasteiger partial charge in [0.15, 0.2) is 17.2 Å². The number of benzene rings is 1. The SMILES string of the molecule is C=C=Cc1ccc(O)c2c1[C@@H](C)[C@@]1(C)C(=C(O)[C@@]3(O)C(=O)C(C(C)=O)=C(O)C(C(C)C)[C@@]3(C)[C@@H]1O)C2=O. The van der Waals surface area contributed by atoms with Crippen LogP contribution in [0, 0.1) is 22.7 Å². The third kappa shape index (κ3) is 2.83. The van der Waals surface area contributed by atoms with Crippen LogP contribution in [0.2, 0.25) is 0 Å². The largest absolute Gasteiger partial charge is 0.511 e. The van der Waals surface area contributed by atoms with Crippen LogP contribution < -0.4 is 0 Å². The van der Waals surface area contributed by atoms with Crippen molar-refractivity contribution in [3.05, 3.63) is 63.8 Å². The third-order valence-electron chi connectivity index (χ3n) is 9.11. The van der Waals surface area contributed by atoms with E-state index in [-0.39, 0.29) is 11.3 Å². The fraction of sp³-hybridized carbons (Fsp3) is 0.448. The van der Waals surface area contributed by atoms with E-state index >= 15 is 0 Å². The van der Waals surface area contributed by atoms with Crippen molar-refractivity contribution in [3.63, 3.8) is 0 Å². The molecule has 0 fully saturated rings. The molecule has 37 heavy (non-hydrogen) atoms. The molecule has 0 aromatic heterocycles. The van der Waals surface area contributed by atoms with Gasteiger partial charge in [0.25, 0.3) is 0 Å². The molecular formula is C29H32O8. The van der Waals surface area contributed by atoms with Crippen molar-refractivity contribution >= 4 is 23.4 Å². The molecule has 0 bridgehead atoms. The lowest BCUT2D eigenvalue weighted by atomic mass is 9.41. The Morgan fingerprint density at radius 3 is 2.27 bits per heavy atom. The minimum atomic E-state index is -2.90. The van der Waals surface area contributed by atoms with Crippen molar-refractivity contribution in [2.45, 2.75) is 59.2 Å². The average Bonchev–Trinajstić information content (AvgIpc) is 2.80. The van der Waals surface area contributed by atoms with Crippen LogP contribution in [0.25, 0.3) is 6.08 Å². The van der Waals surface area contributed by atoms with Crippen LogP contribution in [0.3, 0.4) is 0 Å². The lowest BCUT2D eigenvalue weighted by Crippen LogP contribution is -2.73. The maximum absolute atomic E-state index is 14.0. The number of hydrogen-bond donors (Lipinski definition) is 5. The first-order chi connectivity index (χ1) is 17.1. The van der Waals surface area contributed by atoms with Crippen LogP contribution in [0.1, 0.15) is 68.9 Å². The van der Waals surface area contributed by atoms with E-state index in [0.717, 1.165) is 6.92 Å². The molecule has 8 nitrogen and oxygen atoms in total. The molecule has 0 aliphatic heterocycles. The van der Waals surface area contributed by atoms with Gasteiger partial charge in [-0.05, 0) is 42.0 Å². The summed E-state index contributed by atoms with van der Waals surface area (Å²) in [5.41, 5.74) is -4.09. The van der Waals surface area contributed by atoms with Gasteiger partial charge in [-0.15, -0.1) is 5.73 Å². The van der Waals surface area contributed by atoms with Crippen molar-refractivity contribution in [1.29, 1.82) is 0 Å². The van der Waals surface area contributed by atoms with Crippen LogP contribution in [0.15, 0.2) is 47.1 Å². The lowest BCUT2D eigenvalue weighted by molar-refractivity contribution is -0.211. The van der Waals surface area contributed by atoms with Crippen molar-refractivity contribution in [2.75, 3.05) is 0 Å². The van der Waals surface area contributed by atoms with Crippen molar-refractivity contribution in [2.24, 2.45) is 22.7 Å². The minimum absolute atomic E-state index is 0.135. The molecule has 0 spiro atoms. The Kier molecular flexibility index (Phi) is 5.77. The first kappa shape index (κ1) is 26.6. The molecule has 4 rings (SSSR count). The van der Waals surface area contributed by atoms with Gasteiger partial charge in [0.05, 0.1) is 17.2 Å². The highest BCUT2D eigenvalue weighted by molar-refractivity contribution is 6.25. The number of hydrogen-bond acceptors (Lipinski definition) is 8. The minimum Gasteiger partial charge on any atom is -0.511 e. The molecular weight excluding hydrogens is 476 g/mol. The Bertz CT molecular complexity index is 1390. The summed E-state index contributed by atoms with van der Waals surface area (Å²) in [6.07, 6.45) is -0.139. The number of allylic oxidation sites excluding steroid dienone is 1. The number of aliphatic hydroxyl groups is 4. The Morgan fingerprint density at radius 2 is 1.76 bits per heavy atom. The second-order valence-corrected chi connectivity index (χ2v) is 11.1.